The van der Waals surface area contributed by atoms with E-state index in [1.165, 1.54) is 23.8 Å². The van der Waals surface area contributed by atoms with Crippen LogP contribution in [0.15, 0.2) is 18.3 Å². The van der Waals surface area contributed by atoms with E-state index in [0.717, 1.165) is 11.2 Å². The SMILES string of the molecule is CC(C)c1nc2cccnc2n1C1CCSC1. The summed E-state index contributed by atoms with van der Waals surface area (Å²) < 4.78 is 2.38. The van der Waals surface area contributed by atoms with Gasteiger partial charge in [0.15, 0.2) is 5.65 Å². The van der Waals surface area contributed by atoms with E-state index in [0.29, 0.717) is 12.0 Å². The predicted octanol–water partition coefficient (Wildman–Crippen LogP) is 3.23. The topological polar surface area (TPSA) is 30.7 Å². The highest BCUT2D eigenvalue weighted by molar-refractivity contribution is 7.99. The van der Waals surface area contributed by atoms with Gasteiger partial charge in [-0.15, -0.1) is 0 Å². The van der Waals surface area contributed by atoms with Crippen molar-refractivity contribution < 1.29 is 0 Å². The van der Waals surface area contributed by atoms with E-state index >= 15 is 0 Å². The molecule has 0 amide bonds. The molecular weight excluding hydrogens is 230 g/mol. The Morgan fingerprint density at radius 3 is 3.06 bits per heavy atom. The van der Waals surface area contributed by atoms with Crippen LogP contribution in [0.4, 0.5) is 0 Å². The Labute approximate surface area is 106 Å². The van der Waals surface area contributed by atoms with E-state index in [-0.39, 0.29) is 0 Å². The minimum absolute atomic E-state index is 0.454. The molecule has 90 valence electrons. The van der Waals surface area contributed by atoms with E-state index in [1.807, 2.05) is 24.0 Å². The first kappa shape index (κ1) is 11.1. The van der Waals surface area contributed by atoms with Gasteiger partial charge in [0.05, 0.1) is 0 Å². The Balaban J connectivity index is 2.20. The molecule has 17 heavy (non-hydrogen) atoms. The summed E-state index contributed by atoms with van der Waals surface area (Å²) in [6.07, 6.45) is 3.11. The molecule has 1 unspecified atom stereocenters. The van der Waals surface area contributed by atoms with Crippen LogP contribution in [0.1, 0.15) is 38.1 Å². The van der Waals surface area contributed by atoms with Crippen LogP contribution < -0.4 is 0 Å². The molecule has 0 saturated carbocycles. The van der Waals surface area contributed by atoms with Gasteiger partial charge >= 0.3 is 0 Å². The number of thioether (sulfide) groups is 1. The smallest absolute Gasteiger partial charge is 0.160 e. The monoisotopic (exact) mass is 247 g/mol. The van der Waals surface area contributed by atoms with Gasteiger partial charge in [0.1, 0.15) is 11.3 Å². The lowest BCUT2D eigenvalue weighted by atomic mass is 10.2. The van der Waals surface area contributed by atoms with Crippen LogP contribution in [-0.4, -0.2) is 26.0 Å². The van der Waals surface area contributed by atoms with Crippen LogP contribution in [0, 0.1) is 0 Å². The van der Waals surface area contributed by atoms with Crippen molar-refractivity contribution in [1.29, 1.82) is 0 Å². The van der Waals surface area contributed by atoms with E-state index in [2.05, 4.69) is 29.5 Å². The molecule has 0 spiro atoms. The van der Waals surface area contributed by atoms with E-state index in [1.54, 1.807) is 0 Å². The molecule has 0 aliphatic carbocycles. The van der Waals surface area contributed by atoms with Crippen molar-refractivity contribution in [3.63, 3.8) is 0 Å². The molecule has 1 fully saturated rings. The Hall–Kier alpha value is -1.03. The first-order valence-corrected chi connectivity index (χ1v) is 7.33. The Morgan fingerprint density at radius 1 is 1.47 bits per heavy atom. The van der Waals surface area contributed by atoms with Gasteiger partial charge < -0.3 is 4.57 Å². The number of fused-ring (bicyclic) bond motifs is 1. The molecule has 0 radical (unpaired) electrons. The number of hydrogen-bond acceptors (Lipinski definition) is 3. The van der Waals surface area contributed by atoms with Crippen molar-refractivity contribution in [2.75, 3.05) is 11.5 Å². The number of rotatable bonds is 2. The summed E-state index contributed by atoms with van der Waals surface area (Å²) >= 11 is 2.03. The lowest BCUT2D eigenvalue weighted by Gasteiger charge is -2.16. The molecular formula is C13H17N3S. The molecule has 1 aliphatic heterocycles. The third-order valence-electron chi connectivity index (χ3n) is 3.26. The molecule has 3 rings (SSSR count). The lowest BCUT2D eigenvalue weighted by Crippen LogP contribution is -2.13. The number of aromatic nitrogens is 3. The quantitative estimate of drug-likeness (QED) is 0.816. The second kappa shape index (κ2) is 4.33. The summed E-state index contributed by atoms with van der Waals surface area (Å²) in [6.45, 7) is 4.42. The first-order chi connectivity index (χ1) is 8.27. The van der Waals surface area contributed by atoms with Gasteiger partial charge in [0.2, 0.25) is 0 Å². The number of hydrogen-bond donors (Lipinski definition) is 0. The maximum atomic E-state index is 4.75. The second-order valence-electron chi connectivity index (χ2n) is 4.86. The standard InChI is InChI=1S/C13H17N3S/c1-9(2)12-15-11-4-3-6-14-13(11)16(12)10-5-7-17-8-10/h3-4,6,9-10H,5,7-8H2,1-2H3. The van der Waals surface area contributed by atoms with Crippen molar-refractivity contribution in [3.05, 3.63) is 24.2 Å². The van der Waals surface area contributed by atoms with Gasteiger partial charge in [0, 0.05) is 23.9 Å². The Kier molecular flexibility index (Phi) is 2.82. The van der Waals surface area contributed by atoms with E-state index in [9.17, 15) is 0 Å². The van der Waals surface area contributed by atoms with Crippen LogP contribution in [0.25, 0.3) is 11.2 Å². The number of pyridine rings is 1. The highest BCUT2D eigenvalue weighted by atomic mass is 32.2. The third kappa shape index (κ3) is 1.84. The molecule has 3 heterocycles. The molecule has 2 aromatic heterocycles. The minimum atomic E-state index is 0.454. The fraction of sp³-hybridized carbons (Fsp3) is 0.538. The maximum Gasteiger partial charge on any atom is 0.160 e. The van der Waals surface area contributed by atoms with Gasteiger partial charge in [-0.25, -0.2) is 9.97 Å². The summed E-state index contributed by atoms with van der Waals surface area (Å²) in [5, 5.41) is 0. The normalized spacial score (nSPS) is 20.5. The van der Waals surface area contributed by atoms with Crippen LogP contribution in [0.5, 0.6) is 0 Å². The molecule has 2 aromatic rings. The molecule has 1 aliphatic rings. The van der Waals surface area contributed by atoms with Crippen LogP contribution >= 0.6 is 11.8 Å². The summed E-state index contributed by atoms with van der Waals surface area (Å²) in [7, 11) is 0. The zero-order valence-electron chi connectivity index (χ0n) is 10.3. The highest BCUT2D eigenvalue weighted by Crippen LogP contribution is 2.33. The number of nitrogens with zero attached hydrogens (tertiary/aromatic N) is 3. The average Bonchev–Trinajstić information content (AvgIpc) is 2.94. The fourth-order valence-electron chi connectivity index (χ4n) is 2.44. The Bertz CT molecular complexity index is 526. The van der Waals surface area contributed by atoms with Gasteiger partial charge in [-0.05, 0) is 24.3 Å². The fourth-order valence-corrected chi connectivity index (χ4v) is 3.63. The van der Waals surface area contributed by atoms with Crippen molar-refractivity contribution in [2.45, 2.75) is 32.2 Å². The van der Waals surface area contributed by atoms with Gasteiger partial charge in [-0.3, -0.25) is 0 Å². The molecule has 1 atom stereocenters. The molecule has 0 aromatic carbocycles. The Morgan fingerprint density at radius 2 is 2.35 bits per heavy atom. The molecule has 4 heteroatoms. The van der Waals surface area contributed by atoms with Crippen molar-refractivity contribution >= 4 is 22.9 Å². The predicted molar refractivity (Wildman–Crippen MR) is 72.6 cm³/mol. The molecule has 0 bridgehead atoms. The first-order valence-electron chi connectivity index (χ1n) is 6.18. The van der Waals surface area contributed by atoms with Crippen molar-refractivity contribution in [1.82, 2.24) is 14.5 Å². The maximum absolute atomic E-state index is 4.75. The second-order valence-corrected chi connectivity index (χ2v) is 6.01. The third-order valence-corrected chi connectivity index (χ3v) is 4.41. The summed E-state index contributed by atoms with van der Waals surface area (Å²) in [4.78, 5) is 9.27. The summed E-state index contributed by atoms with van der Waals surface area (Å²) in [5.41, 5.74) is 2.09. The van der Waals surface area contributed by atoms with Gasteiger partial charge in [-0.1, -0.05) is 13.8 Å². The zero-order valence-corrected chi connectivity index (χ0v) is 11.1. The van der Waals surface area contributed by atoms with Crippen LogP contribution in [-0.2, 0) is 0 Å². The van der Waals surface area contributed by atoms with Crippen molar-refractivity contribution in [3.8, 4) is 0 Å². The molecule has 3 nitrogen and oxygen atoms in total. The van der Waals surface area contributed by atoms with Crippen LogP contribution in [0.2, 0.25) is 0 Å². The van der Waals surface area contributed by atoms with Crippen LogP contribution in [0.3, 0.4) is 0 Å². The van der Waals surface area contributed by atoms with Gasteiger partial charge in [-0.2, -0.15) is 11.8 Å². The highest BCUT2D eigenvalue weighted by Gasteiger charge is 2.24. The summed E-state index contributed by atoms with van der Waals surface area (Å²) in [6, 6.07) is 4.61. The lowest BCUT2D eigenvalue weighted by molar-refractivity contribution is 0.531. The van der Waals surface area contributed by atoms with Crippen molar-refractivity contribution in [2.24, 2.45) is 0 Å². The van der Waals surface area contributed by atoms with E-state index in [4.69, 9.17) is 4.98 Å². The van der Waals surface area contributed by atoms with Gasteiger partial charge in [0.25, 0.3) is 0 Å². The van der Waals surface area contributed by atoms with E-state index < -0.39 is 0 Å². The number of imidazole rings is 1. The molecule has 1 saturated heterocycles. The molecule has 0 N–H and O–H groups in total. The summed E-state index contributed by atoms with van der Waals surface area (Å²) in [5.74, 6) is 4.09. The average molecular weight is 247 g/mol. The largest absolute Gasteiger partial charge is 0.309 e. The minimum Gasteiger partial charge on any atom is -0.309 e. The zero-order chi connectivity index (χ0) is 11.8.